The molecule has 0 aliphatic heterocycles. The Morgan fingerprint density at radius 1 is 1.62 bits per heavy atom. The first-order valence-corrected chi connectivity index (χ1v) is 4.93. The molecule has 1 saturated carbocycles. The Hall–Kier alpha value is -0.590. The third-order valence-corrected chi connectivity index (χ3v) is 3.00. The zero-order chi connectivity index (χ0) is 9.90. The maximum atomic E-state index is 8.97. The van der Waals surface area contributed by atoms with Gasteiger partial charge in [-0.05, 0) is 45.8 Å². The molecule has 1 aliphatic carbocycles. The second kappa shape index (κ2) is 4.08. The van der Waals surface area contributed by atoms with Gasteiger partial charge in [0.05, 0.1) is 6.07 Å². The minimum Gasteiger partial charge on any atom is -0.313 e. The van der Waals surface area contributed by atoms with Crippen molar-refractivity contribution in [3.8, 4) is 6.07 Å². The summed E-state index contributed by atoms with van der Waals surface area (Å²) in [7, 11) is 4.11. The van der Waals surface area contributed by atoms with Crippen LogP contribution in [-0.4, -0.2) is 31.1 Å². The number of nitrogens with zero attached hydrogens (tertiary/aromatic N) is 2. The molecule has 0 spiro atoms. The van der Waals surface area contributed by atoms with Gasteiger partial charge in [-0.2, -0.15) is 5.26 Å². The van der Waals surface area contributed by atoms with Crippen molar-refractivity contribution in [3.63, 3.8) is 0 Å². The summed E-state index contributed by atoms with van der Waals surface area (Å²) in [5.74, 6) is 0.403. The Kier molecular flexibility index (Phi) is 3.29. The summed E-state index contributed by atoms with van der Waals surface area (Å²) in [5.41, 5.74) is 5.48. The smallest absolute Gasteiger partial charge is 0.107 e. The van der Waals surface area contributed by atoms with Gasteiger partial charge >= 0.3 is 0 Å². The van der Waals surface area contributed by atoms with Crippen molar-refractivity contribution in [1.82, 2.24) is 4.90 Å². The molecule has 0 amide bonds. The molecule has 3 heteroatoms. The maximum absolute atomic E-state index is 8.97. The van der Waals surface area contributed by atoms with Gasteiger partial charge in [0.15, 0.2) is 0 Å². The molecule has 0 aromatic rings. The SMILES string of the molecule is CN(C)CCC1CCCC1(N)C#N. The minimum absolute atomic E-state index is 0.403. The largest absolute Gasteiger partial charge is 0.313 e. The number of rotatable bonds is 3. The summed E-state index contributed by atoms with van der Waals surface area (Å²) in [4.78, 5) is 2.15. The highest BCUT2D eigenvalue weighted by Gasteiger charge is 2.39. The maximum Gasteiger partial charge on any atom is 0.107 e. The van der Waals surface area contributed by atoms with Gasteiger partial charge in [0.1, 0.15) is 5.54 Å². The molecular formula is C10H19N3. The Bertz CT molecular complexity index is 207. The van der Waals surface area contributed by atoms with Gasteiger partial charge < -0.3 is 10.6 Å². The highest BCUT2D eigenvalue weighted by molar-refractivity contribution is 5.11. The van der Waals surface area contributed by atoms with Crippen LogP contribution in [0.3, 0.4) is 0 Å². The second-order valence-electron chi connectivity index (χ2n) is 4.33. The minimum atomic E-state index is -0.532. The number of hydrogen-bond acceptors (Lipinski definition) is 3. The number of hydrogen-bond donors (Lipinski definition) is 1. The number of nitriles is 1. The zero-order valence-electron chi connectivity index (χ0n) is 8.58. The molecule has 2 atom stereocenters. The van der Waals surface area contributed by atoms with Gasteiger partial charge in [0.2, 0.25) is 0 Å². The average Bonchev–Trinajstić information content (AvgIpc) is 2.44. The van der Waals surface area contributed by atoms with Crippen molar-refractivity contribution in [3.05, 3.63) is 0 Å². The van der Waals surface area contributed by atoms with Crippen molar-refractivity contribution < 1.29 is 0 Å². The topological polar surface area (TPSA) is 53.0 Å². The Balaban J connectivity index is 2.46. The molecule has 1 rings (SSSR count). The molecule has 2 N–H and O–H groups in total. The van der Waals surface area contributed by atoms with Crippen LogP contribution in [0.1, 0.15) is 25.7 Å². The lowest BCUT2D eigenvalue weighted by Gasteiger charge is -2.24. The van der Waals surface area contributed by atoms with Gasteiger partial charge in [-0.15, -0.1) is 0 Å². The highest BCUT2D eigenvalue weighted by Crippen LogP contribution is 2.35. The van der Waals surface area contributed by atoms with Crippen LogP contribution in [0.15, 0.2) is 0 Å². The van der Waals surface area contributed by atoms with Gasteiger partial charge in [-0.3, -0.25) is 0 Å². The van der Waals surface area contributed by atoms with Crippen LogP contribution in [-0.2, 0) is 0 Å². The van der Waals surface area contributed by atoms with Crippen LogP contribution >= 0.6 is 0 Å². The summed E-state index contributed by atoms with van der Waals surface area (Å²) >= 11 is 0. The molecule has 3 nitrogen and oxygen atoms in total. The van der Waals surface area contributed by atoms with E-state index in [2.05, 4.69) is 25.1 Å². The van der Waals surface area contributed by atoms with Crippen LogP contribution < -0.4 is 5.73 Å². The van der Waals surface area contributed by atoms with E-state index < -0.39 is 5.54 Å². The molecule has 0 radical (unpaired) electrons. The highest BCUT2D eigenvalue weighted by atomic mass is 15.0. The molecule has 2 unspecified atom stereocenters. The Morgan fingerprint density at radius 2 is 2.31 bits per heavy atom. The second-order valence-corrected chi connectivity index (χ2v) is 4.33. The fourth-order valence-electron chi connectivity index (χ4n) is 2.07. The molecule has 74 valence electrons. The first-order chi connectivity index (χ1) is 6.08. The fraction of sp³-hybridized carbons (Fsp3) is 0.900. The fourth-order valence-corrected chi connectivity index (χ4v) is 2.07. The van der Waals surface area contributed by atoms with E-state index in [0.29, 0.717) is 5.92 Å². The van der Waals surface area contributed by atoms with Crippen LogP contribution in [0, 0.1) is 17.2 Å². The van der Waals surface area contributed by atoms with E-state index in [1.54, 1.807) is 0 Å². The average molecular weight is 181 g/mol. The van der Waals surface area contributed by atoms with Gasteiger partial charge in [-0.1, -0.05) is 6.42 Å². The molecule has 1 aliphatic rings. The van der Waals surface area contributed by atoms with E-state index in [1.807, 2.05) is 0 Å². The standard InChI is InChI=1S/C10H19N3/c1-13(2)7-5-9-4-3-6-10(9,12)8-11/h9H,3-7,12H2,1-2H3. The lowest BCUT2D eigenvalue weighted by Crippen LogP contribution is -2.42. The monoisotopic (exact) mass is 181 g/mol. The van der Waals surface area contributed by atoms with Crippen LogP contribution in [0.2, 0.25) is 0 Å². The molecule has 0 heterocycles. The third-order valence-electron chi connectivity index (χ3n) is 3.00. The van der Waals surface area contributed by atoms with Crippen molar-refractivity contribution in [2.75, 3.05) is 20.6 Å². The molecule has 0 aromatic heterocycles. The van der Waals surface area contributed by atoms with Crippen molar-refractivity contribution >= 4 is 0 Å². The predicted octanol–water partition coefficient (Wildman–Crippen LogP) is 0.959. The van der Waals surface area contributed by atoms with E-state index in [9.17, 15) is 0 Å². The normalized spacial score (nSPS) is 33.6. The third kappa shape index (κ3) is 2.43. The summed E-state index contributed by atoms with van der Waals surface area (Å²) in [5, 5.41) is 8.97. The molecule has 13 heavy (non-hydrogen) atoms. The number of nitrogens with two attached hydrogens (primary N) is 1. The zero-order valence-corrected chi connectivity index (χ0v) is 8.58. The quantitative estimate of drug-likeness (QED) is 0.705. The molecule has 1 fully saturated rings. The van der Waals surface area contributed by atoms with E-state index in [4.69, 9.17) is 11.0 Å². The molecule has 0 saturated heterocycles. The van der Waals surface area contributed by atoms with Crippen molar-refractivity contribution in [2.24, 2.45) is 11.7 Å². The molecular weight excluding hydrogens is 162 g/mol. The van der Waals surface area contributed by atoms with Crippen molar-refractivity contribution in [1.29, 1.82) is 5.26 Å². The van der Waals surface area contributed by atoms with Gasteiger partial charge in [-0.25, -0.2) is 0 Å². The van der Waals surface area contributed by atoms with E-state index in [0.717, 1.165) is 32.2 Å². The Morgan fingerprint density at radius 3 is 2.85 bits per heavy atom. The lowest BCUT2D eigenvalue weighted by atomic mass is 9.87. The molecule has 0 bridgehead atoms. The van der Waals surface area contributed by atoms with Crippen LogP contribution in [0.4, 0.5) is 0 Å². The first kappa shape index (κ1) is 10.5. The molecule has 0 aromatic carbocycles. The van der Waals surface area contributed by atoms with Gasteiger partial charge in [0.25, 0.3) is 0 Å². The van der Waals surface area contributed by atoms with E-state index in [1.165, 1.54) is 0 Å². The van der Waals surface area contributed by atoms with Gasteiger partial charge in [0, 0.05) is 0 Å². The van der Waals surface area contributed by atoms with Crippen molar-refractivity contribution in [2.45, 2.75) is 31.2 Å². The summed E-state index contributed by atoms with van der Waals surface area (Å²) in [6.45, 7) is 1.03. The van der Waals surface area contributed by atoms with E-state index >= 15 is 0 Å². The Labute approximate surface area is 80.5 Å². The van der Waals surface area contributed by atoms with Crippen LogP contribution in [0.25, 0.3) is 0 Å². The lowest BCUT2D eigenvalue weighted by molar-refractivity contribution is 0.308. The van der Waals surface area contributed by atoms with E-state index in [-0.39, 0.29) is 0 Å². The summed E-state index contributed by atoms with van der Waals surface area (Å²) in [6.07, 6.45) is 4.17. The predicted molar refractivity (Wildman–Crippen MR) is 53.0 cm³/mol. The summed E-state index contributed by atoms with van der Waals surface area (Å²) < 4.78 is 0. The summed E-state index contributed by atoms with van der Waals surface area (Å²) in [6, 6.07) is 2.27. The van der Waals surface area contributed by atoms with Crippen LogP contribution in [0.5, 0.6) is 0 Å². The first-order valence-electron chi connectivity index (χ1n) is 4.93.